The van der Waals surface area contributed by atoms with Crippen LogP contribution in [-0.4, -0.2) is 17.6 Å². The van der Waals surface area contributed by atoms with E-state index >= 15 is 0 Å². The van der Waals surface area contributed by atoms with Crippen LogP contribution in [0, 0.1) is 5.82 Å². The van der Waals surface area contributed by atoms with E-state index in [2.05, 4.69) is 18.7 Å². The van der Waals surface area contributed by atoms with Crippen LogP contribution in [0.2, 0.25) is 0 Å². The van der Waals surface area contributed by atoms with Gasteiger partial charge in [-0.15, -0.1) is 0 Å². The summed E-state index contributed by atoms with van der Waals surface area (Å²) in [4.78, 5) is 2.36. The standard InChI is InChI=1S/C12H17FN2S/c1-4-15(8(2)3)11-6-5-9(13)7-10(11)12(14)16/h5-8H,4H2,1-3H3,(H2,14,16). The zero-order valence-electron chi connectivity index (χ0n) is 9.83. The largest absolute Gasteiger partial charge is 0.389 e. The van der Waals surface area contributed by atoms with Crippen LogP contribution < -0.4 is 10.6 Å². The molecule has 0 amide bonds. The Hall–Kier alpha value is -1.16. The van der Waals surface area contributed by atoms with Crippen molar-refractivity contribution in [2.24, 2.45) is 5.73 Å². The molecule has 0 spiro atoms. The van der Waals surface area contributed by atoms with Gasteiger partial charge in [-0.1, -0.05) is 12.2 Å². The van der Waals surface area contributed by atoms with Crippen molar-refractivity contribution in [2.45, 2.75) is 26.8 Å². The molecular weight excluding hydrogens is 223 g/mol. The van der Waals surface area contributed by atoms with Gasteiger partial charge in [0, 0.05) is 23.8 Å². The molecule has 0 saturated carbocycles. The molecule has 1 rings (SSSR count). The van der Waals surface area contributed by atoms with Crippen LogP contribution >= 0.6 is 12.2 Å². The molecule has 0 aliphatic heterocycles. The summed E-state index contributed by atoms with van der Waals surface area (Å²) in [5, 5.41) is 0. The summed E-state index contributed by atoms with van der Waals surface area (Å²) >= 11 is 4.95. The zero-order valence-corrected chi connectivity index (χ0v) is 10.6. The predicted molar refractivity (Wildman–Crippen MR) is 70.4 cm³/mol. The number of thiocarbonyl (C=S) groups is 1. The predicted octanol–water partition coefficient (Wildman–Crippen LogP) is 2.69. The van der Waals surface area contributed by atoms with Crippen molar-refractivity contribution in [2.75, 3.05) is 11.4 Å². The van der Waals surface area contributed by atoms with Gasteiger partial charge in [0.2, 0.25) is 0 Å². The zero-order chi connectivity index (χ0) is 12.3. The van der Waals surface area contributed by atoms with Crippen LogP contribution in [0.15, 0.2) is 18.2 Å². The van der Waals surface area contributed by atoms with Gasteiger partial charge in [-0.05, 0) is 39.0 Å². The Kier molecular flexibility index (Phi) is 4.24. The van der Waals surface area contributed by atoms with E-state index in [-0.39, 0.29) is 10.8 Å². The van der Waals surface area contributed by atoms with E-state index in [9.17, 15) is 4.39 Å². The normalized spacial score (nSPS) is 10.6. The SMILES string of the molecule is CCN(c1ccc(F)cc1C(N)=S)C(C)C. The van der Waals surface area contributed by atoms with E-state index in [0.29, 0.717) is 11.6 Å². The molecule has 2 nitrogen and oxygen atoms in total. The number of rotatable bonds is 4. The van der Waals surface area contributed by atoms with Crippen molar-refractivity contribution >= 4 is 22.9 Å². The Morgan fingerprint density at radius 1 is 1.50 bits per heavy atom. The van der Waals surface area contributed by atoms with Crippen LogP contribution in [-0.2, 0) is 0 Å². The molecule has 0 saturated heterocycles. The summed E-state index contributed by atoms with van der Waals surface area (Å²) in [6.07, 6.45) is 0. The monoisotopic (exact) mass is 240 g/mol. The lowest BCUT2D eigenvalue weighted by Gasteiger charge is -2.29. The fourth-order valence-corrected chi connectivity index (χ4v) is 1.93. The van der Waals surface area contributed by atoms with Gasteiger partial charge in [0.05, 0.1) is 0 Å². The highest BCUT2D eigenvalue weighted by Crippen LogP contribution is 2.23. The van der Waals surface area contributed by atoms with Gasteiger partial charge in [-0.3, -0.25) is 0 Å². The van der Waals surface area contributed by atoms with Gasteiger partial charge in [-0.25, -0.2) is 4.39 Å². The molecule has 0 aromatic heterocycles. The molecule has 1 aromatic carbocycles. The number of benzene rings is 1. The van der Waals surface area contributed by atoms with Crippen molar-refractivity contribution in [1.29, 1.82) is 0 Å². The minimum Gasteiger partial charge on any atom is -0.389 e. The summed E-state index contributed by atoms with van der Waals surface area (Å²) in [6.45, 7) is 7.04. The minimum absolute atomic E-state index is 0.230. The van der Waals surface area contributed by atoms with E-state index in [1.807, 2.05) is 6.92 Å². The van der Waals surface area contributed by atoms with Crippen molar-refractivity contribution in [1.82, 2.24) is 0 Å². The lowest BCUT2D eigenvalue weighted by atomic mass is 10.1. The van der Waals surface area contributed by atoms with Crippen molar-refractivity contribution in [3.63, 3.8) is 0 Å². The maximum atomic E-state index is 13.1. The number of anilines is 1. The Labute approximate surface area is 101 Å². The summed E-state index contributed by atoms with van der Waals surface area (Å²) in [6, 6.07) is 4.88. The average molecular weight is 240 g/mol. The highest BCUT2D eigenvalue weighted by Gasteiger charge is 2.14. The first-order valence-electron chi connectivity index (χ1n) is 5.33. The third-order valence-corrected chi connectivity index (χ3v) is 2.72. The first-order valence-corrected chi connectivity index (χ1v) is 5.74. The molecule has 1 aromatic rings. The molecule has 2 N–H and O–H groups in total. The topological polar surface area (TPSA) is 29.3 Å². The number of nitrogens with two attached hydrogens (primary N) is 1. The van der Waals surface area contributed by atoms with Gasteiger partial charge in [0.15, 0.2) is 0 Å². The van der Waals surface area contributed by atoms with Gasteiger partial charge in [-0.2, -0.15) is 0 Å². The molecule has 88 valence electrons. The highest BCUT2D eigenvalue weighted by atomic mass is 32.1. The van der Waals surface area contributed by atoms with E-state index in [0.717, 1.165) is 12.2 Å². The second kappa shape index (κ2) is 5.25. The van der Waals surface area contributed by atoms with Gasteiger partial charge < -0.3 is 10.6 Å². The number of nitrogens with zero attached hydrogens (tertiary/aromatic N) is 1. The minimum atomic E-state index is -0.314. The highest BCUT2D eigenvalue weighted by molar-refractivity contribution is 7.80. The van der Waals surface area contributed by atoms with E-state index in [4.69, 9.17) is 18.0 Å². The van der Waals surface area contributed by atoms with Gasteiger partial charge in [0.25, 0.3) is 0 Å². The summed E-state index contributed by atoms with van der Waals surface area (Å²) in [7, 11) is 0. The van der Waals surface area contributed by atoms with Crippen molar-refractivity contribution < 1.29 is 4.39 Å². The van der Waals surface area contributed by atoms with Gasteiger partial charge >= 0.3 is 0 Å². The molecule has 16 heavy (non-hydrogen) atoms. The average Bonchev–Trinajstić information content (AvgIpc) is 2.20. The maximum absolute atomic E-state index is 13.1. The van der Waals surface area contributed by atoms with Crippen LogP contribution in [0.3, 0.4) is 0 Å². The fraction of sp³-hybridized carbons (Fsp3) is 0.417. The van der Waals surface area contributed by atoms with Crippen molar-refractivity contribution in [3.8, 4) is 0 Å². The van der Waals surface area contributed by atoms with Crippen molar-refractivity contribution in [3.05, 3.63) is 29.6 Å². The quantitative estimate of drug-likeness (QED) is 0.820. The molecule has 0 radical (unpaired) electrons. The molecule has 0 heterocycles. The maximum Gasteiger partial charge on any atom is 0.124 e. The van der Waals surface area contributed by atoms with Crippen LogP contribution in [0.4, 0.5) is 10.1 Å². The second-order valence-corrected chi connectivity index (χ2v) is 4.35. The second-order valence-electron chi connectivity index (χ2n) is 3.91. The first-order chi connectivity index (χ1) is 7.47. The molecule has 0 bridgehead atoms. The number of hydrogen-bond donors (Lipinski definition) is 1. The molecule has 0 unspecified atom stereocenters. The molecule has 0 aliphatic carbocycles. The van der Waals surface area contributed by atoms with Gasteiger partial charge in [0.1, 0.15) is 10.8 Å². The number of halogens is 1. The van der Waals surface area contributed by atoms with Crippen LogP contribution in [0.5, 0.6) is 0 Å². The Bertz CT molecular complexity index is 391. The Morgan fingerprint density at radius 3 is 2.56 bits per heavy atom. The lowest BCUT2D eigenvalue weighted by molar-refractivity contribution is 0.626. The van der Waals surface area contributed by atoms with Crippen LogP contribution in [0.1, 0.15) is 26.3 Å². The third-order valence-electron chi connectivity index (χ3n) is 2.50. The van der Waals surface area contributed by atoms with E-state index in [1.165, 1.54) is 12.1 Å². The molecule has 0 fully saturated rings. The molecule has 0 atom stereocenters. The lowest BCUT2D eigenvalue weighted by Crippen LogP contribution is -2.32. The van der Waals surface area contributed by atoms with Crippen LogP contribution in [0.25, 0.3) is 0 Å². The fourth-order valence-electron chi connectivity index (χ4n) is 1.77. The summed E-state index contributed by atoms with van der Waals surface area (Å²) < 4.78 is 13.1. The van der Waals surface area contributed by atoms with E-state index in [1.54, 1.807) is 6.07 Å². The Balaban J connectivity index is 3.26. The number of hydrogen-bond acceptors (Lipinski definition) is 2. The Morgan fingerprint density at radius 2 is 2.12 bits per heavy atom. The van der Waals surface area contributed by atoms with E-state index < -0.39 is 0 Å². The molecule has 0 aliphatic rings. The molecular formula is C12H17FN2S. The summed E-state index contributed by atoms with van der Waals surface area (Å²) in [5.74, 6) is -0.314. The third kappa shape index (κ3) is 2.70. The smallest absolute Gasteiger partial charge is 0.124 e. The summed E-state index contributed by atoms with van der Waals surface area (Å²) in [5.41, 5.74) is 7.11. The molecule has 4 heteroatoms. The first kappa shape index (κ1) is 12.9.